The van der Waals surface area contributed by atoms with E-state index in [9.17, 15) is 4.79 Å². The fourth-order valence-corrected chi connectivity index (χ4v) is 3.17. The summed E-state index contributed by atoms with van der Waals surface area (Å²) in [5, 5.41) is 0. The number of likely N-dealkylation sites (N-methyl/N-ethyl adjacent to an activating group) is 1. The molecular formula is C26H35NO5. The second-order valence-electron chi connectivity index (χ2n) is 8.73. The summed E-state index contributed by atoms with van der Waals surface area (Å²) in [7, 11) is 8.56. The maximum atomic E-state index is 13.1. The highest BCUT2D eigenvalue weighted by Gasteiger charge is 2.20. The van der Waals surface area contributed by atoms with Crippen molar-refractivity contribution >= 4 is 11.9 Å². The van der Waals surface area contributed by atoms with E-state index in [1.807, 2.05) is 20.2 Å². The molecule has 2 aromatic rings. The van der Waals surface area contributed by atoms with E-state index in [1.54, 1.807) is 25.3 Å². The van der Waals surface area contributed by atoms with E-state index in [1.165, 1.54) is 20.3 Å². The summed E-state index contributed by atoms with van der Waals surface area (Å²) in [4.78, 5) is 15.1. The van der Waals surface area contributed by atoms with Crippen LogP contribution in [-0.2, 0) is 5.41 Å². The number of ketones is 1. The van der Waals surface area contributed by atoms with Crippen LogP contribution < -0.4 is 18.9 Å². The minimum atomic E-state index is -0.205. The second-order valence-corrected chi connectivity index (χ2v) is 8.73. The molecule has 0 fully saturated rings. The predicted octanol–water partition coefficient (Wildman–Crippen LogP) is 4.85. The summed E-state index contributed by atoms with van der Waals surface area (Å²) in [6, 6.07) is 9.48. The fraction of sp³-hybridized carbons (Fsp3) is 0.423. The number of ether oxygens (including phenoxy) is 4. The van der Waals surface area contributed by atoms with E-state index < -0.39 is 0 Å². The molecule has 0 amide bonds. The summed E-state index contributed by atoms with van der Waals surface area (Å²) in [6.45, 7) is 7.82. The van der Waals surface area contributed by atoms with Crippen LogP contribution in [0.5, 0.6) is 23.0 Å². The molecular weight excluding hydrogens is 406 g/mol. The van der Waals surface area contributed by atoms with Gasteiger partial charge in [-0.15, -0.1) is 0 Å². The van der Waals surface area contributed by atoms with Gasteiger partial charge >= 0.3 is 0 Å². The maximum Gasteiger partial charge on any atom is 0.204 e. The number of hydrogen-bond acceptors (Lipinski definition) is 6. The smallest absolute Gasteiger partial charge is 0.204 e. The van der Waals surface area contributed by atoms with Crippen molar-refractivity contribution in [1.82, 2.24) is 4.90 Å². The van der Waals surface area contributed by atoms with Crippen molar-refractivity contribution in [3.8, 4) is 23.0 Å². The van der Waals surface area contributed by atoms with Crippen molar-refractivity contribution in [1.29, 1.82) is 0 Å². The third kappa shape index (κ3) is 6.26. The molecule has 0 spiro atoms. The molecule has 0 aliphatic rings. The SMILES string of the molecule is COc1ccc(C(=O)C=Cc2cc(C(C)(C)C)ccc2OCCN(C)C)c(OC)c1OC. The molecule has 0 heterocycles. The average molecular weight is 442 g/mol. The van der Waals surface area contributed by atoms with Gasteiger partial charge in [0.2, 0.25) is 5.75 Å². The van der Waals surface area contributed by atoms with Gasteiger partial charge in [-0.1, -0.05) is 26.8 Å². The molecule has 2 aromatic carbocycles. The normalized spacial score (nSPS) is 11.7. The Bertz CT molecular complexity index is 957. The Labute approximate surface area is 191 Å². The molecule has 0 aliphatic carbocycles. The Morgan fingerprint density at radius 2 is 1.59 bits per heavy atom. The predicted molar refractivity (Wildman–Crippen MR) is 129 cm³/mol. The van der Waals surface area contributed by atoms with Crippen LogP contribution in [0, 0.1) is 0 Å². The number of carbonyl (C=O) groups is 1. The van der Waals surface area contributed by atoms with Gasteiger partial charge in [0.15, 0.2) is 17.3 Å². The molecule has 0 unspecified atom stereocenters. The highest BCUT2D eigenvalue weighted by molar-refractivity contribution is 6.09. The zero-order chi connectivity index (χ0) is 23.9. The summed E-state index contributed by atoms with van der Waals surface area (Å²) < 4.78 is 22.2. The summed E-state index contributed by atoms with van der Waals surface area (Å²) >= 11 is 0. The first kappa shape index (κ1) is 25.3. The van der Waals surface area contributed by atoms with Gasteiger partial charge in [0.05, 0.1) is 26.9 Å². The summed E-state index contributed by atoms with van der Waals surface area (Å²) in [5.41, 5.74) is 2.38. The zero-order valence-electron chi connectivity index (χ0n) is 20.4. The molecule has 0 saturated carbocycles. The first-order valence-electron chi connectivity index (χ1n) is 10.6. The Morgan fingerprint density at radius 1 is 0.938 bits per heavy atom. The molecule has 0 aromatic heterocycles. The molecule has 6 heteroatoms. The number of allylic oxidation sites excluding steroid dienone is 1. The van der Waals surface area contributed by atoms with E-state index in [0.29, 0.717) is 29.4 Å². The molecule has 0 aliphatic heterocycles. The number of methoxy groups -OCH3 is 3. The van der Waals surface area contributed by atoms with Gasteiger partial charge < -0.3 is 23.8 Å². The maximum absolute atomic E-state index is 13.1. The van der Waals surface area contributed by atoms with Gasteiger partial charge in [0.25, 0.3) is 0 Å². The minimum Gasteiger partial charge on any atom is -0.493 e. The Balaban J connectivity index is 2.41. The number of nitrogens with zero attached hydrogens (tertiary/aromatic N) is 1. The van der Waals surface area contributed by atoms with Crippen molar-refractivity contribution in [2.75, 3.05) is 48.6 Å². The molecule has 6 nitrogen and oxygen atoms in total. The lowest BCUT2D eigenvalue weighted by molar-refractivity contribution is 0.104. The topological polar surface area (TPSA) is 57.2 Å². The van der Waals surface area contributed by atoms with Crippen LogP contribution in [0.15, 0.2) is 36.4 Å². The largest absolute Gasteiger partial charge is 0.493 e. The third-order valence-corrected chi connectivity index (χ3v) is 5.06. The molecule has 32 heavy (non-hydrogen) atoms. The number of benzene rings is 2. The fourth-order valence-electron chi connectivity index (χ4n) is 3.17. The van der Waals surface area contributed by atoms with Crippen LogP contribution in [-0.4, -0.2) is 59.3 Å². The number of rotatable bonds is 10. The molecule has 0 atom stereocenters. The summed E-state index contributed by atoms with van der Waals surface area (Å²) in [6.07, 6.45) is 3.32. The lowest BCUT2D eigenvalue weighted by atomic mass is 9.86. The third-order valence-electron chi connectivity index (χ3n) is 5.06. The van der Waals surface area contributed by atoms with Crippen molar-refractivity contribution < 1.29 is 23.7 Å². The van der Waals surface area contributed by atoms with Crippen molar-refractivity contribution in [3.63, 3.8) is 0 Å². The monoisotopic (exact) mass is 441 g/mol. The summed E-state index contributed by atoms with van der Waals surface area (Å²) in [5.74, 6) is 1.76. The second kappa shape index (κ2) is 11.0. The Hall–Kier alpha value is -2.99. The van der Waals surface area contributed by atoms with Gasteiger partial charge in [0, 0.05) is 12.1 Å². The standard InChI is InChI=1S/C26H35NO5/c1-26(2,3)19-10-13-22(32-16-15-27(4)5)18(17-19)9-12-21(28)20-11-14-23(29-6)25(31-8)24(20)30-7/h9-14,17H,15-16H2,1-8H3. The first-order chi connectivity index (χ1) is 15.1. The average Bonchev–Trinajstić information content (AvgIpc) is 2.75. The van der Waals surface area contributed by atoms with E-state index in [-0.39, 0.29) is 11.2 Å². The van der Waals surface area contributed by atoms with E-state index in [4.69, 9.17) is 18.9 Å². The number of carbonyl (C=O) groups excluding carboxylic acids is 1. The van der Waals surface area contributed by atoms with Gasteiger partial charge in [0.1, 0.15) is 12.4 Å². The van der Waals surface area contributed by atoms with Gasteiger partial charge in [-0.2, -0.15) is 0 Å². The van der Waals surface area contributed by atoms with E-state index >= 15 is 0 Å². The first-order valence-corrected chi connectivity index (χ1v) is 10.6. The zero-order valence-corrected chi connectivity index (χ0v) is 20.4. The lowest BCUT2D eigenvalue weighted by Gasteiger charge is -2.21. The molecule has 0 bridgehead atoms. The van der Waals surface area contributed by atoms with Crippen molar-refractivity contribution in [2.24, 2.45) is 0 Å². The van der Waals surface area contributed by atoms with Crippen LogP contribution >= 0.6 is 0 Å². The molecule has 0 saturated heterocycles. The highest BCUT2D eigenvalue weighted by Crippen LogP contribution is 2.40. The minimum absolute atomic E-state index is 0.0265. The molecule has 0 N–H and O–H groups in total. The van der Waals surface area contributed by atoms with Crippen LogP contribution in [0.25, 0.3) is 6.08 Å². The number of hydrogen-bond donors (Lipinski definition) is 0. The van der Waals surface area contributed by atoms with Crippen molar-refractivity contribution in [2.45, 2.75) is 26.2 Å². The van der Waals surface area contributed by atoms with Crippen LogP contribution in [0.1, 0.15) is 42.3 Å². The lowest BCUT2D eigenvalue weighted by Crippen LogP contribution is -2.19. The van der Waals surface area contributed by atoms with Gasteiger partial charge in [-0.05, 0) is 61.5 Å². The highest BCUT2D eigenvalue weighted by atomic mass is 16.5. The van der Waals surface area contributed by atoms with Gasteiger partial charge in [-0.25, -0.2) is 0 Å². The van der Waals surface area contributed by atoms with Gasteiger partial charge in [-0.3, -0.25) is 4.79 Å². The van der Waals surface area contributed by atoms with E-state index in [0.717, 1.165) is 23.4 Å². The van der Waals surface area contributed by atoms with Crippen LogP contribution in [0.3, 0.4) is 0 Å². The molecule has 0 radical (unpaired) electrons. The quantitative estimate of drug-likeness (QED) is 0.388. The Kier molecular flexibility index (Phi) is 8.72. The Morgan fingerprint density at radius 3 is 2.16 bits per heavy atom. The van der Waals surface area contributed by atoms with Crippen LogP contribution in [0.4, 0.5) is 0 Å². The van der Waals surface area contributed by atoms with E-state index in [2.05, 4.69) is 37.8 Å². The van der Waals surface area contributed by atoms with Crippen molar-refractivity contribution in [3.05, 3.63) is 53.1 Å². The van der Waals surface area contributed by atoms with Crippen LogP contribution in [0.2, 0.25) is 0 Å². The molecule has 174 valence electrons. The molecule has 2 rings (SSSR count).